The Morgan fingerprint density at radius 3 is 2.54 bits per heavy atom. The molecule has 0 saturated heterocycles. The topological polar surface area (TPSA) is 35.5 Å². The van der Waals surface area contributed by atoms with Crippen molar-refractivity contribution in [3.05, 3.63) is 64.2 Å². The first-order chi connectivity index (χ1) is 11.6. The van der Waals surface area contributed by atoms with E-state index in [1.807, 2.05) is 36.4 Å². The number of hydrogen-bond donors (Lipinski definition) is 2. The van der Waals surface area contributed by atoms with Gasteiger partial charge in [0.25, 0.3) is 0 Å². The standard InChI is InChI=1S/C19H21ClN2OS/c20-17-4-1-14(2-5-17)7-10-21-19(24)22-11-8-15-3-6-18(23)13-16(15)9-12-22/h1-6,13,23H,7-12H2,(H,21,24). The van der Waals surface area contributed by atoms with Gasteiger partial charge in [0.2, 0.25) is 0 Å². The number of aromatic hydroxyl groups is 1. The minimum absolute atomic E-state index is 0.339. The van der Waals surface area contributed by atoms with E-state index in [0.29, 0.717) is 5.75 Å². The lowest BCUT2D eigenvalue weighted by molar-refractivity contribution is 0.431. The number of fused-ring (bicyclic) bond motifs is 1. The van der Waals surface area contributed by atoms with E-state index >= 15 is 0 Å². The van der Waals surface area contributed by atoms with Gasteiger partial charge >= 0.3 is 0 Å². The summed E-state index contributed by atoms with van der Waals surface area (Å²) in [4.78, 5) is 2.22. The van der Waals surface area contributed by atoms with Gasteiger partial charge in [0.15, 0.2) is 5.11 Å². The largest absolute Gasteiger partial charge is 0.508 e. The van der Waals surface area contributed by atoms with Crippen LogP contribution in [0.25, 0.3) is 0 Å². The van der Waals surface area contributed by atoms with Crippen molar-refractivity contribution in [2.24, 2.45) is 0 Å². The second-order valence-electron chi connectivity index (χ2n) is 6.05. The van der Waals surface area contributed by atoms with Gasteiger partial charge < -0.3 is 15.3 Å². The predicted octanol–water partition coefficient (Wildman–Crippen LogP) is 3.56. The zero-order valence-corrected chi connectivity index (χ0v) is 15.0. The Bertz CT molecular complexity index is 718. The molecule has 0 aromatic heterocycles. The van der Waals surface area contributed by atoms with Crippen LogP contribution in [-0.4, -0.2) is 34.8 Å². The Hall–Kier alpha value is -1.78. The quantitative estimate of drug-likeness (QED) is 0.820. The van der Waals surface area contributed by atoms with Crippen molar-refractivity contribution >= 4 is 28.9 Å². The molecule has 0 unspecified atom stereocenters. The molecule has 2 aromatic rings. The summed E-state index contributed by atoms with van der Waals surface area (Å²) in [7, 11) is 0. The smallest absolute Gasteiger partial charge is 0.168 e. The molecule has 2 N–H and O–H groups in total. The molecule has 126 valence electrons. The van der Waals surface area contributed by atoms with Crippen molar-refractivity contribution in [1.82, 2.24) is 10.2 Å². The van der Waals surface area contributed by atoms with Crippen LogP contribution in [-0.2, 0) is 19.3 Å². The van der Waals surface area contributed by atoms with E-state index in [2.05, 4.69) is 10.2 Å². The van der Waals surface area contributed by atoms with Crippen LogP contribution in [0.2, 0.25) is 5.02 Å². The molecule has 0 radical (unpaired) electrons. The van der Waals surface area contributed by atoms with Crippen LogP contribution in [0, 0.1) is 0 Å². The van der Waals surface area contributed by atoms with Gasteiger partial charge in [0.1, 0.15) is 5.75 Å². The maximum atomic E-state index is 9.64. The number of hydrogen-bond acceptors (Lipinski definition) is 2. The Morgan fingerprint density at radius 1 is 1.08 bits per heavy atom. The van der Waals surface area contributed by atoms with Crippen LogP contribution in [0.5, 0.6) is 5.75 Å². The van der Waals surface area contributed by atoms with Crippen molar-refractivity contribution < 1.29 is 5.11 Å². The molecule has 3 rings (SSSR count). The van der Waals surface area contributed by atoms with E-state index < -0.39 is 0 Å². The van der Waals surface area contributed by atoms with E-state index in [0.717, 1.165) is 49.0 Å². The number of nitrogens with zero attached hydrogens (tertiary/aromatic N) is 1. The summed E-state index contributed by atoms with van der Waals surface area (Å²) in [6.45, 7) is 2.60. The SMILES string of the molecule is Oc1ccc2c(c1)CCN(C(=S)NCCc1ccc(Cl)cc1)CC2. The number of halogens is 1. The Morgan fingerprint density at radius 2 is 1.79 bits per heavy atom. The Balaban J connectivity index is 1.50. The molecule has 24 heavy (non-hydrogen) atoms. The van der Waals surface area contributed by atoms with Gasteiger partial charge in [0.05, 0.1) is 0 Å². The first-order valence-corrected chi connectivity index (χ1v) is 8.98. The van der Waals surface area contributed by atoms with Crippen molar-refractivity contribution in [3.8, 4) is 5.75 Å². The highest BCUT2D eigenvalue weighted by Crippen LogP contribution is 2.21. The lowest BCUT2D eigenvalue weighted by Crippen LogP contribution is -2.41. The van der Waals surface area contributed by atoms with Crippen LogP contribution in [0.4, 0.5) is 0 Å². The van der Waals surface area contributed by atoms with Gasteiger partial charge in [-0.1, -0.05) is 29.8 Å². The number of thiocarbonyl (C=S) groups is 1. The molecule has 0 saturated carbocycles. The highest BCUT2D eigenvalue weighted by atomic mass is 35.5. The van der Waals surface area contributed by atoms with E-state index in [9.17, 15) is 5.11 Å². The van der Waals surface area contributed by atoms with Gasteiger partial charge in [-0.2, -0.15) is 0 Å². The molecular formula is C19H21ClN2OS. The molecule has 0 spiro atoms. The van der Waals surface area contributed by atoms with Crippen molar-refractivity contribution in [3.63, 3.8) is 0 Å². The molecular weight excluding hydrogens is 340 g/mol. The second kappa shape index (κ2) is 7.86. The minimum atomic E-state index is 0.339. The van der Waals surface area contributed by atoms with Crippen molar-refractivity contribution in [1.29, 1.82) is 0 Å². The first-order valence-electron chi connectivity index (χ1n) is 8.20. The van der Waals surface area contributed by atoms with Crippen molar-refractivity contribution in [2.75, 3.05) is 19.6 Å². The molecule has 1 aliphatic heterocycles. The number of nitrogens with one attached hydrogen (secondary N) is 1. The molecule has 1 aliphatic rings. The summed E-state index contributed by atoms with van der Waals surface area (Å²) in [5.41, 5.74) is 3.77. The fourth-order valence-corrected chi connectivity index (χ4v) is 3.40. The molecule has 1 heterocycles. The maximum absolute atomic E-state index is 9.64. The Labute approximate surface area is 153 Å². The van der Waals surface area contributed by atoms with E-state index in [4.69, 9.17) is 23.8 Å². The fourth-order valence-electron chi connectivity index (χ4n) is 2.99. The van der Waals surface area contributed by atoms with Crippen LogP contribution < -0.4 is 5.32 Å². The number of phenols is 1. The molecule has 3 nitrogen and oxygen atoms in total. The average molecular weight is 361 g/mol. The van der Waals surface area contributed by atoms with Gasteiger partial charge in [-0.05, 0) is 72.4 Å². The molecule has 0 atom stereocenters. The van der Waals surface area contributed by atoms with Gasteiger partial charge in [-0.3, -0.25) is 0 Å². The van der Waals surface area contributed by atoms with Crippen LogP contribution in [0.15, 0.2) is 42.5 Å². The number of rotatable bonds is 3. The van der Waals surface area contributed by atoms with Gasteiger partial charge in [-0.15, -0.1) is 0 Å². The molecule has 5 heteroatoms. The Kier molecular flexibility index (Phi) is 5.59. The predicted molar refractivity (Wildman–Crippen MR) is 103 cm³/mol. The normalized spacial score (nSPS) is 14.0. The monoisotopic (exact) mass is 360 g/mol. The van der Waals surface area contributed by atoms with Gasteiger partial charge in [-0.25, -0.2) is 0 Å². The molecule has 0 aliphatic carbocycles. The van der Waals surface area contributed by atoms with Crippen LogP contribution in [0.1, 0.15) is 16.7 Å². The van der Waals surface area contributed by atoms with E-state index in [1.54, 1.807) is 6.07 Å². The van der Waals surface area contributed by atoms with Crippen LogP contribution >= 0.6 is 23.8 Å². The third kappa shape index (κ3) is 4.40. The first kappa shape index (κ1) is 17.1. The third-order valence-corrected chi connectivity index (χ3v) is 5.04. The van der Waals surface area contributed by atoms with Gasteiger partial charge in [0, 0.05) is 24.7 Å². The molecule has 0 fully saturated rings. The average Bonchev–Trinajstić information content (AvgIpc) is 2.79. The summed E-state index contributed by atoms with van der Waals surface area (Å²) in [5, 5.41) is 14.6. The highest BCUT2D eigenvalue weighted by Gasteiger charge is 2.16. The lowest BCUT2D eigenvalue weighted by atomic mass is 10.0. The molecule has 0 bridgehead atoms. The number of phenolic OH excluding ortho intramolecular Hbond substituents is 1. The van der Waals surface area contributed by atoms with Crippen molar-refractivity contribution in [2.45, 2.75) is 19.3 Å². The summed E-state index contributed by atoms with van der Waals surface area (Å²) in [6.07, 6.45) is 2.77. The molecule has 0 amide bonds. The fraction of sp³-hybridized carbons (Fsp3) is 0.316. The van der Waals surface area contributed by atoms with Crippen LogP contribution in [0.3, 0.4) is 0 Å². The summed E-state index contributed by atoms with van der Waals surface area (Å²) in [6, 6.07) is 13.6. The third-order valence-electron chi connectivity index (χ3n) is 4.38. The summed E-state index contributed by atoms with van der Waals surface area (Å²) >= 11 is 11.5. The highest BCUT2D eigenvalue weighted by molar-refractivity contribution is 7.80. The zero-order chi connectivity index (χ0) is 16.9. The maximum Gasteiger partial charge on any atom is 0.168 e. The zero-order valence-electron chi connectivity index (χ0n) is 13.5. The lowest BCUT2D eigenvalue weighted by Gasteiger charge is -2.24. The minimum Gasteiger partial charge on any atom is -0.508 e. The van der Waals surface area contributed by atoms with E-state index in [1.165, 1.54) is 16.7 Å². The second-order valence-corrected chi connectivity index (χ2v) is 6.87. The number of benzene rings is 2. The summed E-state index contributed by atoms with van der Waals surface area (Å²) < 4.78 is 0. The van der Waals surface area contributed by atoms with E-state index in [-0.39, 0.29) is 0 Å². The molecule has 2 aromatic carbocycles. The summed E-state index contributed by atoms with van der Waals surface area (Å²) in [5.74, 6) is 0.339.